The summed E-state index contributed by atoms with van der Waals surface area (Å²) < 4.78 is 11.1. The zero-order chi connectivity index (χ0) is 21.4. The highest BCUT2D eigenvalue weighted by Crippen LogP contribution is 2.28. The number of hydrogen-bond donors (Lipinski definition) is 1. The topological polar surface area (TPSA) is 98.5 Å². The van der Waals surface area contributed by atoms with E-state index in [9.17, 15) is 4.79 Å². The second kappa shape index (κ2) is 10.0. The largest absolute Gasteiger partial charge is 0.488 e. The molecule has 1 N–H and O–H groups in total. The van der Waals surface area contributed by atoms with E-state index in [0.29, 0.717) is 12.2 Å². The molecule has 1 saturated carbocycles. The number of nitrogens with one attached hydrogen (secondary N) is 1. The quantitative estimate of drug-likeness (QED) is 0.813. The molecule has 1 aromatic heterocycles. The summed E-state index contributed by atoms with van der Waals surface area (Å²) in [6.07, 6.45) is 5.99. The monoisotopic (exact) mass is 400 g/mol. The molecular formula is C22H28N2O5. The van der Waals surface area contributed by atoms with Crippen molar-refractivity contribution in [2.75, 3.05) is 0 Å². The summed E-state index contributed by atoms with van der Waals surface area (Å²) >= 11 is 0. The van der Waals surface area contributed by atoms with Crippen LogP contribution in [-0.2, 0) is 16.2 Å². The highest BCUT2D eigenvalue weighted by atomic mass is 16.5. The van der Waals surface area contributed by atoms with Gasteiger partial charge in [0.05, 0.1) is 11.3 Å². The Hall–Kier alpha value is -2.92. The van der Waals surface area contributed by atoms with E-state index >= 15 is 0 Å². The summed E-state index contributed by atoms with van der Waals surface area (Å²) in [5.74, 6) is 1.54. The Bertz CT molecular complexity index is 856. The number of carbonyl (C=O) groups excluding carboxylic acids is 3. The standard InChI is InChI=1S/C21H28N2O3.CO2/c1-14-12-17(20(24)22-21(4)10-6-5-7-11-21)8-9-19(14)25-13-18-15(2)23-26-16(18)3;2-1-3/h8-9,12H,5-7,10-11,13H2,1-4H3,(H,22,24);. The first kappa shape index (κ1) is 22.4. The van der Waals surface area contributed by atoms with Crippen LogP contribution in [0, 0.1) is 20.8 Å². The number of rotatable bonds is 5. The van der Waals surface area contributed by atoms with Crippen molar-refractivity contribution in [3.63, 3.8) is 0 Å². The molecule has 1 amide bonds. The van der Waals surface area contributed by atoms with E-state index in [4.69, 9.17) is 18.8 Å². The van der Waals surface area contributed by atoms with Gasteiger partial charge in [-0.3, -0.25) is 4.79 Å². The van der Waals surface area contributed by atoms with Crippen LogP contribution in [0.25, 0.3) is 0 Å². The molecule has 0 atom stereocenters. The van der Waals surface area contributed by atoms with Crippen molar-refractivity contribution in [2.24, 2.45) is 0 Å². The van der Waals surface area contributed by atoms with Crippen LogP contribution in [-0.4, -0.2) is 22.8 Å². The van der Waals surface area contributed by atoms with E-state index in [1.165, 1.54) is 19.3 Å². The van der Waals surface area contributed by atoms with E-state index in [0.717, 1.165) is 41.2 Å². The molecule has 1 aliphatic carbocycles. The average molecular weight is 400 g/mol. The van der Waals surface area contributed by atoms with Crippen LogP contribution in [0.4, 0.5) is 0 Å². The number of nitrogens with zero attached hydrogens (tertiary/aromatic N) is 1. The minimum Gasteiger partial charge on any atom is -0.488 e. The van der Waals surface area contributed by atoms with E-state index in [-0.39, 0.29) is 17.6 Å². The van der Waals surface area contributed by atoms with Gasteiger partial charge < -0.3 is 14.6 Å². The maximum absolute atomic E-state index is 12.6. The third kappa shape index (κ3) is 6.03. The second-order valence-electron chi connectivity index (χ2n) is 7.73. The van der Waals surface area contributed by atoms with Crippen LogP contribution in [0.3, 0.4) is 0 Å². The maximum Gasteiger partial charge on any atom is 0.373 e. The zero-order valence-corrected chi connectivity index (χ0v) is 17.5. The van der Waals surface area contributed by atoms with Crippen LogP contribution >= 0.6 is 0 Å². The zero-order valence-electron chi connectivity index (χ0n) is 17.5. The Labute approximate surface area is 170 Å². The van der Waals surface area contributed by atoms with Crippen LogP contribution in [0.1, 0.15) is 72.0 Å². The van der Waals surface area contributed by atoms with Gasteiger partial charge in [0.25, 0.3) is 5.91 Å². The predicted octanol–water partition coefficient (Wildman–Crippen LogP) is 4.05. The Morgan fingerprint density at radius 2 is 1.86 bits per heavy atom. The molecule has 1 aromatic carbocycles. The van der Waals surface area contributed by atoms with Gasteiger partial charge in [-0.05, 0) is 64.3 Å². The van der Waals surface area contributed by atoms with Gasteiger partial charge in [-0.1, -0.05) is 24.4 Å². The SMILES string of the molecule is Cc1cc(C(=O)NC2(C)CCCCC2)ccc1OCc1c(C)noc1C.O=C=O. The number of aryl methyl sites for hydroxylation is 3. The summed E-state index contributed by atoms with van der Waals surface area (Å²) in [5, 5.41) is 7.17. The van der Waals surface area contributed by atoms with Gasteiger partial charge in [-0.15, -0.1) is 0 Å². The Balaban J connectivity index is 0.000000941. The first-order valence-electron chi connectivity index (χ1n) is 9.76. The highest BCUT2D eigenvalue weighted by Gasteiger charge is 2.28. The van der Waals surface area contributed by atoms with Crippen molar-refractivity contribution in [2.45, 2.75) is 71.9 Å². The molecule has 0 spiro atoms. The fourth-order valence-corrected chi connectivity index (χ4v) is 3.61. The lowest BCUT2D eigenvalue weighted by Crippen LogP contribution is -2.47. The maximum atomic E-state index is 12.6. The first-order chi connectivity index (χ1) is 13.8. The van der Waals surface area contributed by atoms with Crippen molar-refractivity contribution in [1.82, 2.24) is 10.5 Å². The molecular weight excluding hydrogens is 372 g/mol. The summed E-state index contributed by atoms with van der Waals surface area (Å²) in [4.78, 5) is 28.9. The Morgan fingerprint density at radius 3 is 2.41 bits per heavy atom. The molecule has 0 unspecified atom stereocenters. The van der Waals surface area contributed by atoms with E-state index < -0.39 is 0 Å². The summed E-state index contributed by atoms with van der Waals surface area (Å²) in [7, 11) is 0. The van der Waals surface area contributed by atoms with Crippen molar-refractivity contribution in [3.8, 4) is 5.75 Å². The van der Waals surface area contributed by atoms with Crippen molar-refractivity contribution in [1.29, 1.82) is 0 Å². The molecule has 29 heavy (non-hydrogen) atoms. The van der Waals surface area contributed by atoms with E-state index in [1.54, 1.807) is 0 Å². The fraction of sp³-hybridized carbons (Fsp3) is 0.500. The number of carbonyl (C=O) groups is 1. The van der Waals surface area contributed by atoms with Gasteiger partial charge in [0.15, 0.2) is 0 Å². The third-order valence-electron chi connectivity index (χ3n) is 5.36. The predicted molar refractivity (Wildman–Crippen MR) is 105 cm³/mol. The molecule has 0 aliphatic heterocycles. The smallest absolute Gasteiger partial charge is 0.373 e. The minimum absolute atomic E-state index is 0.00484. The molecule has 0 radical (unpaired) electrons. The van der Waals surface area contributed by atoms with Crippen molar-refractivity contribution >= 4 is 12.1 Å². The van der Waals surface area contributed by atoms with E-state index in [2.05, 4.69) is 17.4 Å². The number of amides is 1. The van der Waals surface area contributed by atoms with Crippen molar-refractivity contribution in [3.05, 3.63) is 46.3 Å². The van der Waals surface area contributed by atoms with Gasteiger partial charge in [0.1, 0.15) is 18.1 Å². The summed E-state index contributed by atoms with van der Waals surface area (Å²) in [6.45, 7) is 8.30. The molecule has 1 fully saturated rings. The van der Waals surface area contributed by atoms with Crippen LogP contribution < -0.4 is 10.1 Å². The van der Waals surface area contributed by atoms with Gasteiger partial charge in [-0.2, -0.15) is 9.59 Å². The number of ether oxygens (including phenoxy) is 1. The Morgan fingerprint density at radius 1 is 1.21 bits per heavy atom. The van der Waals surface area contributed by atoms with Crippen LogP contribution in [0.15, 0.2) is 22.7 Å². The molecule has 1 aliphatic rings. The second-order valence-corrected chi connectivity index (χ2v) is 7.73. The average Bonchev–Trinajstić information content (AvgIpc) is 2.99. The molecule has 2 aromatic rings. The summed E-state index contributed by atoms with van der Waals surface area (Å²) in [5.41, 5.74) is 3.35. The van der Waals surface area contributed by atoms with Gasteiger partial charge >= 0.3 is 6.15 Å². The molecule has 1 heterocycles. The van der Waals surface area contributed by atoms with Gasteiger partial charge in [0, 0.05) is 11.1 Å². The highest BCUT2D eigenvalue weighted by molar-refractivity contribution is 5.95. The van der Waals surface area contributed by atoms with Gasteiger partial charge in [0.2, 0.25) is 0 Å². The summed E-state index contributed by atoms with van der Waals surface area (Å²) in [6, 6.07) is 5.59. The third-order valence-corrected chi connectivity index (χ3v) is 5.36. The number of benzene rings is 1. The Kier molecular flexibility index (Phi) is 7.74. The lowest BCUT2D eigenvalue weighted by molar-refractivity contribution is -0.191. The van der Waals surface area contributed by atoms with Crippen LogP contribution in [0.5, 0.6) is 5.75 Å². The van der Waals surface area contributed by atoms with E-state index in [1.807, 2.05) is 39.0 Å². The lowest BCUT2D eigenvalue weighted by atomic mass is 9.83. The number of hydrogen-bond acceptors (Lipinski definition) is 6. The molecule has 7 nitrogen and oxygen atoms in total. The molecule has 0 saturated heterocycles. The van der Waals surface area contributed by atoms with Crippen molar-refractivity contribution < 1.29 is 23.6 Å². The van der Waals surface area contributed by atoms with Crippen LogP contribution in [0.2, 0.25) is 0 Å². The molecule has 156 valence electrons. The fourth-order valence-electron chi connectivity index (χ4n) is 3.61. The molecule has 0 bridgehead atoms. The lowest BCUT2D eigenvalue weighted by Gasteiger charge is -2.34. The molecule has 3 rings (SSSR count). The normalized spacial score (nSPS) is 14.9. The first-order valence-corrected chi connectivity index (χ1v) is 9.76. The number of aromatic nitrogens is 1. The van der Waals surface area contributed by atoms with Gasteiger partial charge in [-0.25, -0.2) is 0 Å². The molecule has 7 heteroatoms. The minimum atomic E-state index is -0.0816.